The molecule has 1 aliphatic heterocycles. The monoisotopic (exact) mass is 331 g/mol. The average Bonchev–Trinajstić information content (AvgIpc) is 3.35. The van der Waals surface area contributed by atoms with Gasteiger partial charge >= 0.3 is 0 Å². The Hall–Kier alpha value is -0.810. The molecule has 1 saturated heterocycles. The number of nitrogens with zero attached hydrogens (tertiary/aromatic N) is 1. The Morgan fingerprint density at radius 2 is 2.00 bits per heavy atom. The largest absolute Gasteiger partial charge is 0.352 e. The predicted molar refractivity (Wildman–Crippen MR) is 89.8 cm³/mol. The lowest BCUT2D eigenvalue weighted by molar-refractivity contribution is -0.137. The first kappa shape index (κ1) is 19.2. The zero-order chi connectivity index (χ0) is 15.2. The SMILES string of the molecule is CCCCC(CN)NC(=O)C1CCCN(C(=O)C2CC2)C1.Cl. The molecule has 1 saturated carbocycles. The maximum absolute atomic E-state index is 12.4. The van der Waals surface area contributed by atoms with E-state index in [-0.39, 0.29) is 42.1 Å². The molecule has 2 amide bonds. The second-order valence-electron chi connectivity index (χ2n) is 6.48. The lowest BCUT2D eigenvalue weighted by Gasteiger charge is -2.33. The molecule has 2 atom stereocenters. The fourth-order valence-corrected chi connectivity index (χ4v) is 3.00. The standard InChI is InChI=1S/C16H29N3O2.ClH/c1-2-3-6-14(10-17)18-15(20)13-5-4-9-19(11-13)16(21)12-7-8-12;/h12-14H,2-11,17H2,1H3,(H,18,20);1H. The molecule has 2 fully saturated rings. The fourth-order valence-electron chi connectivity index (χ4n) is 3.00. The maximum atomic E-state index is 12.4. The fraction of sp³-hybridized carbons (Fsp3) is 0.875. The number of hydrogen-bond donors (Lipinski definition) is 2. The number of nitrogens with one attached hydrogen (secondary N) is 1. The van der Waals surface area contributed by atoms with Crippen LogP contribution in [0.2, 0.25) is 0 Å². The first-order valence-corrected chi connectivity index (χ1v) is 8.45. The van der Waals surface area contributed by atoms with E-state index < -0.39 is 0 Å². The molecular weight excluding hydrogens is 302 g/mol. The number of halogens is 1. The molecule has 5 nitrogen and oxygen atoms in total. The lowest BCUT2D eigenvalue weighted by atomic mass is 9.96. The summed E-state index contributed by atoms with van der Waals surface area (Å²) in [6.07, 6.45) is 7.00. The first-order valence-electron chi connectivity index (χ1n) is 8.45. The van der Waals surface area contributed by atoms with Crippen LogP contribution in [0.4, 0.5) is 0 Å². The molecule has 0 radical (unpaired) electrons. The minimum absolute atomic E-state index is 0. The summed E-state index contributed by atoms with van der Waals surface area (Å²) in [4.78, 5) is 26.4. The summed E-state index contributed by atoms with van der Waals surface area (Å²) >= 11 is 0. The van der Waals surface area contributed by atoms with Crippen molar-refractivity contribution in [1.29, 1.82) is 0 Å². The Labute approximate surface area is 139 Å². The molecule has 2 unspecified atom stereocenters. The summed E-state index contributed by atoms with van der Waals surface area (Å²) in [5.74, 6) is 0.522. The summed E-state index contributed by atoms with van der Waals surface area (Å²) in [5.41, 5.74) is 5.74. The maximum Gasteiger partial charge on any atom is 0.225 e. The highest BCUT2D eigenvalue weighted by Crippen LogP contribution is 2.32. The van der Waals surface area contributed by atoms with Gasteiger partial charge in [0.05, 0.1) is 5.92 Å². The topological polar surface area (TPSA) is 75.4 Å². The van der Waals surface area contributed by atoms with E-state index in [1.807, 2.05) is 4.90 Å². The van der Waals surface area contributed by atoms with Crippen LogP contribution in [0, 0.1) is 11.8 Å². The van der Waals surface area contributed by atoms with Crippen molar-refractivity contribution in [3.8, 4) is 0 Å². The highest BCUT2D eigenvalue weighted by Gasteiger charge is 2.36. The van der Waals surface area contributed by atoms with Crippen molar-refractivity contribution >= 4 is 24.2 Å². The van der Waals surface area contributed by atoms with E-state index in [1.165, 1.54) is 0 Å². The first-order chi connectivity index (χ1) is 10.2. The second-order valence-corrected chi connectivity index (χ2v) is 6.48. The van der Waals surface area contributed by atoms with Gasteiger partial charge in [0.1, 0.15) is 0 Å². The number of carbonyl (C=O) groups is 2. The van der Waals surface area contributed by atoms with Crippen molar-refractivity contribution < 1.29 is 9.59 Å². The molecule has 2 aliphatic rings. The molecule has 128 valence electrons. The Balaban J connectivity index is 0.00000242. The number of likely N-dealkylation sites (tertiary alicyclic amines) is 1. The van der Waals surface area contributed by atoms with Crippen LogP contribution in [0.5, 0.6) is 0 Å². The number of rotatable bonds is 7. The molecule has 0 aromatic rings. The van der Waals surface area contributed by atoms with Crippen molar-refractivity contribution in [2.24, 2.45) is 17.6 Å². The van der Waals surface area contributed by atoms with Crippen LogP contribution in [0.3, 0.4) is 0 Å². The quantitative estimate of drug-likeness (QED) is 0.745. The number of hydrogen-bond acceptors (Lipinski definition) is 3. The van der Waals surface area contributed by atoms with E-state index in [9.17, 15) is 9.59 Å². The van der Waals surface area contributed by atoms with E-state index >= 15 is 0 Å². The van der Waals surface area contributed by atoms with Gasteiger partial charge in [-0.1, -0.05) is 19.8 Å². The van der Waals surface area contributed by atoms with Crippen LogP contribution in [0.1, 0.15) is 51.9 Å². The van der Waals surface area contributed by atoms with Crippen LogP contribution in [-0.4, -0.2) is 42.4 Å². The van der Waals surface area contributed by atoms with E-state index in [1.54, 1.807) is 0 Å². The molecule has 0 bridgehead atoms. The predicted octanol–water partition coefficient (Wildman–Crippen LogP) is 1.69. The molecular formula is C16H30ClN3O2. The summed E-state index contributed by atoms with van der Waals surface area (Å²) in [5, 5.41) is 3.07. The Kier molecular flexibility index (Phi) is 8.18. The molecule has 22 heavy (non-hydrogen) atoms. The molecule has 1 aliphatic carbocycles. The minimum atomic E-state index is -0.0582. The third-order valence-corrected chi connectivity index (χ3v) is 4.57. The summed E-state index contributed by atoms with van der Waals surface area (Å²) in [6.45, 7) is 4.03. The van der Waals surface area contributed by atoms with Gasteiger partial charge in [0.15, 0.2) is 0 Å². The summed E-state index contributed by atoms with van der Waals surface area (Å²) in [6, 6.07) is 0.0759. The van der Waals surface area contributed by atoms with Crippen LogP contribution in [-0.2, 0) is 9.59 Å². The summed E-state index contributed by atoms with van der Waals surface area (Å²) < 4.78 is 0. The number of nitrogens with two attached hydrogens (primary N) is 1. The van der Waals surface area contributed by atoms with Crippen molar-refractivity contribution in [3.05, 3.63) is 0 Å². The minimum Gasteiger partial charge on any atom is -0.352 e. The second kappa shape index (κ2) is 9.36. The number of carbonyl (C=O) groups excluding carboxylic acids is 2. The Morgan fingerprint density at radius 3 is 2.59 bits per heavy atom. The molecule has 3 N–H and O–H groups in total. The smallest absolute Gasteiger partial charge is 0.225 e. The molecule has 0 aromatic heterocycles. The van der Waals surface area contributed by atoms with Gasteiger partial charge in [-0.15, -0.1) is 12.4 Å². The van der Waals surface area contributed by atoms with Gasteiger partial charge in [-0.25, -0.2) is 0 Å². The van der Waals surface area contributed by atoms with Gasteiger partial charge in [-0.05, 0) is 32.1 Å². The van der Waals surface area contributed by atoms with Crippen molar-refractivity contribution in [2.45, 2.75) is 57.9 Å². The zero-order valence-corrected chi connectivity index (χ0v) is 14.4. The van der Waals surface area contributed by atoms with E-state index in [2.05, 4.69) is 12.2 Å². The van der Waals surface area contributed by atoms with Gasteiger partial charge in [0, 0.05) is 31.6 Å². The highest BCUT2D eigenvalue weighted by atomic mass is 35.5. The van der Waals surface area contributed by atoms with E-state index in [0.29, 0.717) is 13.1 Å². The molecule has 2 rings (SSSR count). The third-order valence-electron chi connectivity index (χ3n) is 4.57. The Morgan fingerprint density at radius 1 is 1.27 bits per heavy atom. The Bertz CT molecular complexity index is 374. The molecule has 1 heterocycles. The van der Waals surface area contributed by atoms with Crippen molar-refractivity contribution in [2.75, 3.05) is 19.6 Å². The van der Waals surface area contributed by atoms with Crippen LogP contribution in [0.25, 0.3) is 0 Å². The van der Waals surface area contributed by atoms with Crippen molar-refractivity contribution in [3.63, 3.8) is 0 Å². The number of piperidine rings is 1. The third kappa shape index (κ3) is 5.43. The zero-order valence-electron chi connectivity index (χ0n) is 13.6. The van der Waals surface area contributed by atoms with Crippen LogP contribution < -0.4 is 11.1 Å². The number of amides is 2. The van der Waals surface area contributed by atoms with Gasteiger partial charge < -0.3 is 16.0 Å². The van der Waals surface area contributed by atoms with Gasteiger partial charge in [-0.3, -0.25) is 9.59 Å². The van der Waals surface area contributed by atoms with Crippen LogP contribution in [0.15, 0.2) is 0 Å². The summed E-state index contributed by atoms with van der Waals surface area (Å²) in [7, 11) is 0. The highest BCUT2D eigenvalue weighted by molar-refractivity contribution is 5.85. The molecule has 0 aromatic carbocycles. The lowest BCUT2D eigenvalue weighted by Crippen LogP contribution is -2.49. The van der Waals surface area contributed by atoms with Gasteiger partial charge in [0.2, 0.25) is 11.8 Å². The average molecular weight is 332 g/mol. The van der Waals surface area contributed by atoms with E-state index in [4.69, 9.17) is 5.73 Å². The van der Waals surface area contributed by atoms with Gasteiger partial charge in [0.25, 0.3) is 0 Å². The normalized spacial score (nSPS) is 22.6. The van der Waals surface area contributed by atoms with Gasteiger partial charge in [-0.2, -0.15) is 0 Å². The van der Waals surface area contributed by atoms with E-state index in [0.717, 1.165) is 51.5 Å². The van der Waals surface area contributed by atoms with Crippen LogP contribution >= 0.6 is 12.4 Å². The number of unbranched alkanes of at least 4 members (excludes halogenated alkanes) is 1. The van der Waals surface area contributed by atoms with Crippen molar-refractivity contribution in [1.82, 2.24) is 10.2 Å². The molecule has 6 heteroatoms. The molecule has 0 spiro atoms.